The van der Waals surface area contributed by atoms with Crippen LogP contribution >= 0.6 is 0 Å². The van der Waals surface area contributed by atoms with Gasteiger partial charge in [0.05, 0.1) is 0 Å². The maximum Gasteiger partial charge on any atom is 0.299 e. The Morgan fingerprint density at radius 3 is 2.52 bits per heavy atom. The minimum atomic E-state index is -0.497. The van der Waals surface area contributed by atoms with Crippen molar-refractivity contribution in [2.75, 3.05) is 6.54 Å². The molecular weight excluding hydrogens is 410 g/mol. The summed E-state index contributed by atoms with van der Waals surface area (Å²) in [4.78, 5) is 32.0. The second kappa shape index (κ2) is 10.9. The van der Waals surface area contributed by atoms with Gasteiger partial charge in [0.2, 0.25) is 5.91 Å². The minimum absolute atomic E-state index is 0.0620. The quantitative estimate of drug-likeness (QED) is 0.605. The van der Waals surface area contributed by atoms with E-state index < -0.39 is 6.04 Å². The lowest BCUT2D eigenvalue weighted by molar-refractivity contribution is -0.140. The molecule has 5 nitrogen and oxygen atoms in total. The maximum atomic E-state index is 13.6. The molecule has 1 aromatic heterocycles. The minimum Gasteiger partial charge on any atom is -0.361 e. The highest BCUT2D eigenvalue weighted by atomic mass is 16.2. The molecule has 5 heteroatoms. The van der Waals surface area contributed by atoms with Crippen molar-refractivity contribution in [3.05, 3.63) is 36.0 Å². The molecule has 2 aromatic rings. The molecule has 1 aliphatic rings. The summed E-state index contributed by atoms with van der Waals surface area (Å²) in [5, 5.41) is 4.31. The lowest BCUT2D eigenvalue weighted by Crippen LogP contribution is -2.57. The van der Waals surface area contributed by atoms with Gasteiger partial charge in [0, 0.05) is 35.1 Å². The molecule has 2 N–H and O–H groups in total. The molecule has 33 heavy (non-hydrogen) atoms. The summed E-state index contributed by atoms with van der Waals surface area (Å²) in [7, 11) is 0. The first-order valence-electron chi connectivity index (χ1n) is 12.3. The molecule has 2 amide bonds. The number of aromatic nitrogens is 1. The largest absolute Gasteiger partial charge is 0.361 e. The molecule has 1 heterocycles. The third-order valence-corrected chi connectivity index (χ3v) is 6.22. The van der Waals surface area contributed by atoms with Gasteiger partial charge >= 0.3 is 0 Å². The van der Waals surface area contributed by atoms with Gasteiger partial charge in [-0.15, -0.1) is 0 Å². The van der Waals surface area contributed by atoms with Gasteiger partial charge in [0.15, 0.2) is 0 Å². The third-order valence-electron chi connectivity index (χ3n) is 6.22. The van der Waals surface area contributed by atoms with Crippen LogP contribution in [0.4, 0.5) is 0 Å². The normalized spacial score (nSPS) is 15.7. The predicted octanol–water partition coefficient (Wildman–Crippen LogP) is 5.06. The van der Waals surface area contributed by atoms with Gasteiger partial charge in [0.1, 0.15) is 6.04 Å². The summed E-state index contributed by atoms with van der Waals surface area (Å²) >= 11 is 0. The van der Waals surface area contributed by atoms with E-state index in [1.165, 1.54) is 6.42 Å². The zero-order valence-electron chi connectivity index (χ0n) is 20.8. The molecule has 1 aromatic carbocycles. The SMILES string of the molecule is CC(C)C#CC(=O)N(CCc1c[nH]c2ccccc12)C(C(=O)NC(C)(C)C)C1CCCCC1. The molecule has 1 fully saturated rings. The van der Waals surface area contributed by atoms with Crippen LogP contribution in [0.25, 0.3) is 10.9 Å². The smallest absolute Gasteiger partial charge is 0.299 e. The second-order valence-corrected chi connectivity index (χ2v) is 10.6. The van der Waals surface area contributed by atoms with Crippen LogP contribution in [0.3, 0.4) is 0 Å². The molecule has 178 valence electrons. The summed E-state index contributed by atoms with van der Waals surface area (Å²) in [5.74, 6) is 5.80. The molecule has 0 bridgehead atoms. The van der Waals surface area contributed by atoms with E-state index in [0.717, 1.165) is 42.1 Å². The first-order chi connectivity index (χ1) is 15.7. The number of benzene rings is 1. The van der Waals surface area contributed by atoms with Gasteiger partial charge in [-0.2, -0.15) is 0 Å². The highest BCUT2D eigenvalue weighted by molar-refractivity contribution is 5.97. The first kappa shape index (κ1) is 24.9. The van der Waals surface area contributed by atoms with Crippen LogP contribution in [-0.2, 0) is 16.0 Å². The Balaban J connectivity index is 1.93. The highest BCUT2D eigenvalue weighted by Gasteiger charge is 2.37. The topological polar surface area (TPSA) is 65.2 Å². The number of nitrogens with one attached hydrogen (secondary N) is 2. The molecule has 1 atom stereocenters. The van der Waals surface area contributed by atoms with Crippen molar-refractivity contribution >= 4 is 22.7 Å². The number of H-pyrrole nitrogens is 1. The number of hydrogen-bond acceptors (Lipinski definition) is 2. The number of nitrogens with zero attached hydrogens (tertiary/aromatic N) is 1. The van der Waals surface area contributed by atoms with Gasteiger partial charge in [-0.05, 0) is 63.5 Å². The van der Waals surface area contributed by atoms with E-state index >= 15 is 0 Å². The number of carbonyl (C=O) groups excluding carboxylic acids is 2. The molecular formula is C28H39N3O2. The van der Waals surface area contributed by atoms with E-state index in [2.05, 4.69) is 34.3 Å². The van der Waals surface area contributed by atoms with Crippen LogP contribution in [0.1, 0.15) is 72.3 Å². The number of carbonyl (C=O) groups is 2. The Hall–Kier alpha value is -2.74. The summed E-state index contributed by atoms with van der Waals surface area (Å²) in [6, 6.07) is 7.69. The van der Waals surface area contributed by atoms with E-state index in [1.807, 2.05) is 52.9 Å². The van der Waals surface area contributed by atoms with Gasteiger partial charge in [-0.1, -0.05) is 57.2 Å². The van der Waals surface area contributed by atoms with Crippen LogP contribution in [0.15, 0.2) is 30.5 Å². The van der Waals surface area contributed by atoms with Gasteiger partial charge in [0.25, 0.3) is 5.91 Å². The van der Waals surface area contributed by atoms with E-state index in [-0.39, 0.29) is 29.2 Å². The Morgan fingerprint density at radius 1 is 1.15 bits per heavy atom. The van der Waals surface area contributed by atoms with Crippen molar-refractivity contribution in [2.24, 2.45) is 11.8 Å². The lowest BCUT2D eigenvalue weighted by Gasteiger charge is -2.38. The Kier molecular flexibility index (Phi) is 8.24. The lowest BCUT2D eigenvalue weighted by atomic mass is 9.82. The zero-order chi connectivity index (χ0) is 24.0. The van der Waals surface area contributed by atoms with E-state index in [0.29, 0.717) is 13.0 Å². The first-order valence-corrected chi connectivity index (χ1v) is 12.3. The Bertz CT molecular complexity index is 1010. The molecule has 1 unspecified atom stereocenters. The average molecular weight is 450 g/mol. The maximum absolute atomic E-state index is 13.6. The van der Waals surface area contributed by atoms with Crippen molar-refractivity contribution in [2.45, 2.75) is 84.7 Å². The van der Waals surface area contributed by atoms with Crippen molar-refractivity contribution in [1.82, 2.24) is 15.2 Å². The molecule has 3 rings (SSSR count). The van der Waals surface area contributed by atoms with Crippen molar-refractivity contribution in [1.29, 1.82) is 0 Å². The number of fused-ring (bicyclic) bond motifs is 1. The summed E-state index contributed by atoms with van der Waals surface area (Å²) in [5.41, 5.74) is 1.87. The monoisotopic (exact) mass is 449 g/mol. The number of para-hydroxylation sites is 1. The number of rotatable bonds is 6. The molecule has 1 aliphatic carbocycles. The molecule has 0 aliphatic heterocycles. The fourth-order valence-electron chi connectivity index (χ4n) is 4.73. The van der Waals surface area contributed by atoms with Gasteiger partial charge < -0.3 is 15.2 Å². The number of hydrogen-bond donors (Lipinski definition) is 2. The standard InChI is InChI=1S/C28H39N3O2/c1-20(2)15-16-25(32)31(18-17-22-19-29-24-14-10-9-13-23(22)24)26(21-11-7-6-8-12-21)27(33)30-28(3,4)5/h9-10,13-14,19-21,26,29H,6-8,11-12,17-18H2,1-5H3,(H,30,33). The predicted molar refractivity (Wildman–Crippen MR) is 135 cm³/mol. The highest BCUT2D eigenvalue weighted by Crippen LogP contribution is 2.30. The van der Waals surface area contributed by atoms with Crippen molar-refractivity contribution in [3.63, 3.8) is 0 Å². The zero-order valence-corrected chi connectivity index (χ0v) is 20.8. The fourth-order valence-corrected chi connectivity index (χ4v) is 4.73. The van der Waals surface area contributed by atoms with Crippen LogP contribution < -0.4 is 5.32 Å². The van der Waals surface area contributed by atoms with Crippen LogP contribution in [0.2, 0.25) is 0 Å². The molecule has 0 saturated heterocycles. The van der Waals surface area contributed by atoms with Crippen LogP contribution in [0, 0.1) is 23.7 Å². The van der Waals surface area contributed by atoms with Crippen molar-refractivity contribution < 1.29 is 9.59 Å². The molecule has 1 saturated carbocycles. The molecule has 0 spiro atoms. The van der Waals surface area contributed by atoms with Crippen LogP contribution in [0.5, 0.6) is 0 Å². The summed E-state index contributed by atoms with van der Waals surface area (Å²) in [6.45, 7) is 10.4. The van der Waals surface area contributed by atoms with Gasteiger partial charge in [-0.3, -0.25) is 9.59 Å². The summed E-state index contributed by atoms with van der Waals surface area (Å²) < 4.78 is 0. The molecule has 0 radical (unpaired) electrons. The Labute approximate surface area is 198 Å². The number of amides is 2. The second-order valence-electron chi connectivity index (χ2n) is 10.6. The third kappa shape index (κ3) is 6.87. The van der Waals surface area contributed by atoms with E-state index in [4.69, 9.17) is 0 Å². The van der Waals surface area contributed by atoms with E-state index in [9.17, 15) is 9.59 Å². The number of aromatic amines is 1. The van der Waals surface area contributed by atoms with Crippen molar-refractivity contribution in [3.8, 4) is 11.8 Å². The summed E-state index contributed by atoms with van der Waals surface area (Å²) in [6.07, 6.45) is 8.02. The van der Waals surface area contributed by atoms with E-state index in [1.54, 1.807) is 4.90 Å². The average Bonchev–Trinajstić information content (AvgIpc) is 3.17. The van der Waals surface area contributed by atoms with Crippen LogP contribution in [-0.4, -0.2) is 39.8 Å². The fraction of sp³-hybridized carbons (Fsp3) is 0.571. The van der Waals surface area contributed by atoms with Gasteiger partial charge in [-0.25, -0.2) is 0 Å². The Morgan fingerprint density at radius 2 is 1.85 bits per heavy atom.